The number of nitrogens with one attached hydrogen (secondary N) is 1. The number of hydrogen-bond donors (Lipinski definition) is 2. The smallest absolute Gasteiger partial charge is 0.303 e. The molecular formula is C21H33NO12. The standard InChI is InChI=1S/C21H33NO12/c1-12(24)22-17-18(32-14(3)26)19(33-15(4)27)21(11-16(21)31-13(2)25)34-20(17)30-10-9-29-8-7-28-6-5-23/h16-20,23H,5-11H2,1-4H3,(H,22,24)/t16?,17-,18-,19-,20-,21?/m1/s1. The van der Waals surface area contributed by atoms with Crippen LogP contribution in [0.2, 0.25) is 0 Å². The zero-order valence-electron chi connectivity index (χ0n) is 19.8. The Kier molecular flexibility index (Phi) is 10.6. The summed E-state index contributed by atoms with van der Waals surface area (Å²) in [5.74, 6) is -2.36. The second-order valence-electron chi connectivity index (χ2n) is 7.89. The molecule has 0 aromatic carbocycles. The fourth-order valence-electron chi connectivity index (χ4n) is 3.78. The molecule has 2 aliphatic rings. The Balaban J connectivity index is 2.18. The van der Waals surface area contributed by atoms with Crippen molar-refractivity contribution in [2.24, 2.45) is 0 Å². The van der Waals surface area contributed by atoms with E-state index in [2.05, 4.69) is 5.32 Å². The Morgan fingerprint density at radius 2 is 1.47 bits per heavy atom. The second-order valence-corrected chi connectivity index (χ2v) is 7.89. The molecule has 2 unspecified atom stereocenters. The minimum atomic E-state index is -1.31. The number of esters is 3. The Labute approximate surface area is 197 Å². The molecule has 0 radical (unpaired) electrons. The Hall–Kier alpha value is -2.32. The highest BCUT2D eigenvalue weighted by Gasteiger charge is 2.73. The molecular weight excluding hydrogens is 458 g/mol. The fraction of sp³-hybridized carbons (Fsp3) is 0.810. The molecule has 13 nitrogen and oxygen atoms in total. The summed E-state index contributed by atoms with van der Waals surface area (Å²) in [5, 5.41) is 11.3. The van der Waals surface area contributed by atoms with Crippen molar-refractivity contribution in [3.8, 4) is 0 Å². The lowest BCUT2D eigenvalue weighted by Gasteiger charge is -2.45. The first-order valence-electron chi connectivity index (χ1n) is 10.9. The van der Waals surface area contributed by atoms with E-state index >= 15 is 0 Å². The molecule has 6 atom stereocenters. The minimum Gasteiger partial charge on any atom is -0.459 e. The predicted molar refractivity (Wildman–Crippen MR) is 111 cm³/mol. The molecule has 2 rings (SSSR count). The van der Waals surface area contributed by atoms with Gasteiger partial charge >= 0.3 is 17.9 Å². The van der Waals surface area contributed by atoms with Crippen molar-refractivity contribution < 1.29 is 57.4 Å². The lowest BCUT2D eigenvalue weighted by molar-refractivity contribution is -0.289. The summed E-state index contributed by atoms with van der Waals surface area (Å²) in [4.78, 5) is 47.2. The number of aliphatic hydroxyl groups is 1. The third-order valence-electron chi connectivity index (χ3n) is 5.04. The van der Waals surface area contributed by atoms with Crippen LogP contribution in [0, 0.1) is 0 Å². The van der Waals surface area contributed by atoms with Crippen molar-refractivity contribution in [1.29, 1.82) is 0 Å². The summed E-state index contributed by atoms with van der Waals surface area (Å²) in [5.41, 5.74) is -1.31. The van der Waals surface area contributed by atoms with E-state index in [1.165, 1.54) is 27.7 Å². The van der Waals surface area contributed by atoms with E-state index in [9.17, 15) is 19.2 Å². The monoisotopic (exact) mass is 491 g/mol. The maximum atomic E-state index is 11.9. The number of hydrogen-bond acceptors (Lipinski definition) is 12. The molecule has 1 amide bonds. The number of rotatable bonds is 13. The SMILES string of the molecule is CC(=O)N[C@H]1[C@H](OCCOCCOCCO)OC2(CC2OC(C)=O)[C@H](OC(C)=O)[C@@H]1OC(C)=O. The summed E-state index contributed by atoms with van der Waals surface area (Å²) >= 11 is 0. The second kappa shape index (κ2) is 13.0. The van der Waals surface area contributed by atoms with Crippen LogP contribution in [0.4, 0.5) is 0 Å². The molecule has 2 N–H and O–H groups in total. The van der Waals surface area contributed by atoms with Gasteiger partial charge in [0.1, 0.15) is 12.1 Å². The van der Waals surface area contributed by atoms with Gasteiger partial charge in [-0.3, -0.25) is 19.2 Å². The molecule has 1 heterocycles. The number of carbonyl (C=O) groups is 4. The Morgan fingerprint density at radius 1 is 0.882 bits per heavy atom. The van der Waals surface area contributed by atoms with Crippen molar-refractivity contribution in [2.45, 2.75) is 70.4 Å². The molecule has 2 fully saturated rings. The molecule has 0 bridgehead atoms. The zero-order valence-corrected chi connectivity index (χ0v) is 19.8. The van der Waals surface area contributed by atoms with Gasteiger partial charge in [0.05, 0.1) is 39.6 Å². The van der Waals surface area contributed by atoms with E-state index in [0.717, 1.165) is 0 Å². The summed E-state index contributed by atoms with van der Waals surface area (Å²) in [7, 11) is 0. The number of aliphatic hydroxyl groups excluding tert-OH is 1. The molecule has 1 aliphatic heterocycles. The van der Waals surface area contributed by atoms with Gasteiger partial charge in [-0.2, -0.15) is 0 Å². The van der Waals surface area contributed by atoms with Crippen LogP contribution >= 0.6 is 0 Å². The third kappa shape index (κ3) is 7.87. The summed E-state index contributed by atoms with van der Waals surface area (Å²) < 4.78 is 38.6. The van der Waals surface area contributed by atoms with Crippen molar-refractivity contribution in [3.63, 3.8) is 0 Å². The van der Waals surface area contributed by atoms with Crippen molar-refractivity contribution in [2.75, 3.05) is 39.6 Å². The van der Waals surface area contributed by atoms with Gasteiger partial charge in [-0.1, -0.05) is 0 Å². The average molecular weight is 491 g/mol. The van der Waals surface area contributed by atoms with Crippen LogP contribution in [0.3, 0.4) is 0 Å². The maximum Gasteiger partial charge on any atom is 0.303 e. The first kappa shape index (κ1) is 27.9. The molecule has 0 aromatic heterocycles. The van der Waals surface area contributed by atoms with Gasteiger partial charge in [0.25, 0.3) is 0 Å². The molecule has 1 saturated carbocycles. The van der Waals surface area contributed by atoms with Gasteiger partial charge in [0.15, 0.2) is 24.1 Å². The Bertz CT molecular complexity index is 731. The molecule has 0 aromatic rings. The van der Waals surface area contributed by atoms with E-state index in [0.29, 0.717) is 6.61 Å². The normalized spacial score (nSPS) is 29.9. The first-order valence-corrected chi connectivity index (χ1v) is 10.9. The molecule has 34 heavy (non-hydrogen) atoms. The summed E-state index contributed by atoms with van der Waals surface area (Å²) in [6, 6.07) is -1.03. The maximum absolute atomic E-state index is 11.9. The van der Waals surface area contributed by atoms with Crippen LogP contribution in [-0.4, -0.2) is 105 Å². The topological polar surface area (TPSA) is 165 Å². The number of ether oxygens (including phenoxy) is 7. The highest BCUT2D eigenvalue weighted by atomic mass is 16.7. The van der Waals surface area contributed by atoms with Crippen molar-refractivity contribution in [1.82, 2.24) is 5.32 Å². The van der Waals surface area contributed by atoms with Gasteiger partial charge in [0.2, 0.25) is 5.91 Å². The van der Waals surface area contributed by atoms with Gasteiger partial charge in [-0.15, -0.1) is 0 Å². The molecule has 1 aliphatic carbocycles. The zero-order chi connectivity index (χ0) is 25.3. The Morgan fingerprint density at radius 3 is 2.03 bits per heavy atom. The van der Waals surface area contributed by atoms with Gasteiger partial charge in [-0.25, -0.2) is 0 Å². The van der Waals surface area contributed by atoms with E-state index in [-0.39, 0.29) is 39.5 Å². The van der Waals surface area contributed by atoms with Crippen LogP contribution in [0.1, 0.15) is 34.1 Å². The van der Waals surface area contributed by atoms with E-state index in [1.54, 1.807) is 0 Å². The largest absolute Gasteiger partial charge is 0.459 e. The molecule has 1 saturated heterocycles. The van der Waals surface area contributed by atoms with Crippen molar-refractivity contribution in [3.05, 3.63) is 0 Å². The summed E-state index contributed by atoms with van der Waals surface area (Å²) in [6.07, 6.45) is -4.05. The van der Waals surface area contributed by atoms with Crippen LogP contribution in [0.25, 0.3) is 0 Å². The van der Waals surface area contributed by atoms with E-state index in [1.807, 2.05) is 0 Å². The number of amides is 1. The number of carbonyl (C=O) groups excluding carboxylic acids is 4. The fourth-order valence-corrected chi connectivity index (χ4v) is 3.78. The first-order chi connectivity index (χ1) is 16.1. The molecule has 13 heteroatoms. The van der Waals surface area contributed by atoms with Crippen LogP contribution in [0.15, 0.2) is 0 Å². The highest BCUT2D eigenvalue weighted by Crippen LogP contribution is 2.52. The summed E-state index contributed by atoms with van der Waals surface area (Å²) in [6.45, 7) is 5.74. The highest BCUT2D eigenvalue weighted by molar-refractivity contribution is 5.74. The van der Waals surface area contributed by atoms with E-state index in [4.69, 9.17) is 38.3 Å². The average Bonchev–Trinajstić information content (AvgIpc) is 3.40. The van der Waals surface area contributed by atoms with Crippen molar-refractivity contribution >= 4 is 23.8 Å². The molecule has 1 spiro atoms. The molecule has 194 valence electrons. The van der Waals surface area contributed by atoms with E-state index < -0.39 is 60.1 Å². The van der Waals surface area contributed by atoms with Crippen LogP contribution < -0.4 is 5.32 Å². The van der Waals surface area contributed by atoms with Crippen LogP contribution in [0.5, 0.6) is 0 Å². The van der Waals surface area contributed by atoms with Gasteiger partial charge in [-0.05, 0) is 0 Å². The van der Waals surface area contributed by atoms with Gasteiger partial charge < -0.3 is 43.6 Å². The predicted octanol–water partition coefficient (Wildman–Crippen LogP) is -1.17. The minimum absolute atomic E-state index is 0.0418. The lowest BCUT2D eigenvalue weighted by atomic mass is 9.93. The van der Waals surface area contributed by atoms with Gasteiger partial charge in [0, 0.05) is 34.1 Å². The third-order valence-corrected chi connectivity index (χ3v) is 5.04. The quantitative estimate of drug-likeness (QED) is 0.180. The lowest BCUT2D eigenvalue weighted by Crippen LogP contribution is -2.67. The van der Waals surface area contributed by atoms with Crippen LogP contribution in [-0.2, 0) is 52.3 Å².